The van der Waals surface area contributed by atoms with Crippen LogP contribution in [0, 0.1) is 0 Å². The molecule has 3 aromatic carbocycles. The van der Waals surface area contributed by atoms with Crippen molar-refractivity contribution in [1.29, 1.82) is 0 Å². The summed E-state index contributed by atoms with van der Waals surface area (Å²) in [5, 5.41) is 2.85. The van der Waals surface area contributed by atoms with Crippen LogP contribution in [-0.2, 0) is 38.7 Å². The number of ether oxygens (including phenoxy) is 2. The Morgan fingerprint density at radius 2 is 1.27 bits per heavy atom. The SMILES string of the molecule is C[C@@H](C(=O)OCc1ccccc1)N(C[C@@H](Cc1ccccc1)NC(=O)OCc1ccccc1)C(=O)CCl. The van der Waals surface area contributed by atoms with Gasteiger partial charge < -0.3 is 19.7 Å². The van der Waals surface area contributed by atoms with Gasteiger partial charge in [-0.1, -0.05) is 91.0 Å². The third kappa shape index (κ3) is 9.28. The molecule has 7 nitrogen and oxygen atoms in total. The van der Waals surface area contributed by atoms with Crippen molar-refractivity contribution in [3.05, 3.63) is 108 Å². The van der Waals surface area contributed by atoms with Crippen LogP contribution in [-0.4, -0.2) is 47.4 Å². The number of halogens is 1. The lowest BCUT2D eigenvalue weighted by Crippen LogP contribution is -2.52. The summed E-state index contributed by atoms with van der Waals surface area (Å²) in [7, 11) is 0. The van der Waals surface area contributed by atoms with Crippen LogP contribution >= 0.6 is 11.6 Å². The van der Waals surface area contributed by atoms with Gasteiger partial charge in [0.25, 0.3) is 0 Å². The molecular weight excluding hydrogens is 492 g/mol. The van der Waals surface area contributed by atoms with Crippen molar-refractivity contribution in [2.24, 2.45) is 0 Å². The number of nitrogens with one attached hydrogen (secondary N) is 1. The predicted octanol–water partition coefficient (Wildman–Crippen LogP) is 4.72. The van der Waals surface area contributed by atoms with Gasteiger partial charge in [-0.15, -0.1) is 11.6 Å². The maximum atomic E-state index is 12.8. The van der Waals surface area contributed by atoms with E-state index in [0.29, 0.717) is 6.42 Å². The van der Waals surface area contributed by atoms with Crippen LogP contribution < -0.4 is 5.32 Å². The first-order valence-electron chi connectivity index (χ1n) is 12.0. The Morgan fingerprint density at radius 1 is 0.784 bits per heavy atom. The first-order valence-corrected chi connectivity index (χ1v) is 12.6. The number of carbonyl (C=O) groups is 3. The number of hydrogen-bond donors (Lipinski definition) is 1. The Kier molecular flexibility index (Phi) is 11.0. The highest BCUT2D eigenvalue weighted by Crippen LogP contribution is 2.12. The minimum absolute atomic E-state index is 0.0441. The van der Waals surface area contributed by atoms with Gasteiger partial charge in [0.15, 0.2) is 0 Å². The number of alkyl halides is 1. The van der Waals surface area contributed by atoms with Crippen LogP contribution in [0.3, 0.4) is 0 Å². The second-order valence-electron chi connectivity index (χ2n) is 8.54. The van der Waals surface area contributed by atoms with Crippen molar-refractivity contribution < 1.29 is 23.9 Å². The molecule has 2 atom stereocenters. The number of nitrogens with zero attached hydrogens (tertiary/aromatic N) is 1. The molecule has 3 rings (SSSR count). The Morgan fingerprint density at radius 3 is 1.78 bits per heavy atom. The molecule has 0 unspecified atom stereocenters. The number of hydrogen-bond acceptors (Lipinski definition) is 5. The standard InChI is InChI=1S/C29H31ClN2O5/c1-22(28(34)36-20-24-13-7-3-8-14-24)32(27(33)18-30)19-26(17-23-11-5-2-6-12-23)31-29(35)37-21-25-15-9-4-10-16-25/h2-16,22,26H,17-21H2,1H3,(H,31,35)/t22-,26+/m0/s1. The second kappa shape index (κ2) is 14.7. The van der Waals surface area contributed by atoms with E-state index in [1.165, 1.54) is 4.90 Å². The molecule has 0 aliphatic heterocycles. The molecule has 0 fully saturated rings. The molecule has 2 amide bonds. The van der Waals surface area contributed by atoms with E-state index in [-0.39, 0.29) is 25.6 Å². The van der Waals surface area contributed by atoms with Crippen molar-refractivity contribution >= 4 is 29.6 Å². The summed E-state index contributed by atoms with van der Waals surface area (Å²) >= 11 is 5.88. The lowest BCUT2D eigenvalue weighted by Gasteiger charge is -2.31. The molecule has 0 aromatic heterocycles. The predicted molar refractivity (Wildman–Crippen MR) is 142 cm³/mol. The summed E-state index contributed by atoms with van der Waals surface area (Å²) in [5.41, 5.74) is 2.64. The highest BCUT2D eigenvalue weighted by molar-refractivity contribution is 6.27. The number of amides is 2. The lowest BCUT2D eigenvalue weighted by molar-refractivity contribution is -0.155. The number of carbonyl (C=O) groups excluding carboxylic acids is 3. The van der Waals surface area contributed by atoms with Crippen LogP contribution in [0.25, 0.3) is 0 Å². The Hall–Kier alpha value is -3.84. The zero-order valence-corrected chi connectivity index (χ0v) is 21.5. The summed E-state index contributed by atoms with van der Waals surface area (Å²) in [6.45, 7) is 1.83. The smallest absolute Gasteiger partial charge is 0.407 e. The van der Waals surface area contributed by atoms with E-state index in [1.54, 1.807) is 6.92 Å². The van der Waals surface area contributed by atoms with E-state index in [9.17, 15) is 14.4 Å². The summed E-state index contributed by atoms with van der Waals surface area (Å²) in [5.74, 6) is -1.32. The molecule has 0 aliphatic rings. The maximum absolute atomic E-state index is 12.8. The van der Waals surface area contributed by atoms with Gasteiger partial charge in [0, 0.05) is 6.54 Å². The molecule has 0 radical (unpaired) electrons. The van der Waals surface area contributed by atoms with E-state index >= 15 is 0 Å². The van der Waals surface area contributed by atoms with E-state index < -0.39 is 30.1 Å². The average Bonchev–Trinajstić information content (AvgIpc) is 2.94. The van der Waals surface area contributed by atoms with Crippen LogP contribution in [0.15, 0.2) is 91.0 Å². The second-order valence-corrected chi connectivity index (χ2v) is 8.81. The van der Waals surface area contributed by atoms with E-state index in [4.69, 9.17) is 21.1 Å². The van der Waals surface area contributed by atoms with E-state index in [2.05, 4.69) is 5.32 Å². The van der Waals surface area contributed by atoms with Crippen LogP contribution in [0.4, 0.5) is 4.79 Å². The quantitative estimate of drug-likeness (QED) is 0.275. The molecule has 1 N–H and O–H groups in total. The zero-order valence-electron chi connectivity index (χ0n) is 20.7. The normalized spacial score (nSPS) is 12.2. The number of alkyl carbamates (subject to hydrolysis) is 1. The molecule has 3 aromatic rings. The maximum Gasteiger partial charge on any atom is 0.407 e. The largest absolute Gasteiger partial charge is 0.459 e. The van der Waals surface area contributed by atoms with Crippen molar-refractivity contribution in [2.45, 2.75) is 38.6 Å². The molecule has 0 bridgehead atoms. The summed E-state index contributed by atoms with van der Waals surface area (Å²) in [6.07, 6.45) is -0.207. The molecular formula is C29H31ClN2O5. The molecule has 0 aliphatic carbocycles. The van der Waals surface area contributed by atoms with Crippen LogP contribution in [0.1, 0.15) is 23.6 Å². The van der Waals surface area contributed by atoms with Gasteiger partial charge >= 0.3 is 12.1 Å². The van der Waals surface area contributed by atoms with Gasteiger partial charge in [0.05, 0.1) is 6.04 Å². The van der Waals surface area contributed by atoms with Crippen LogP contribution in [0.5, 0.6) is 0 Å². The highest BCUT2D eigenvalue weighted by atomic mass is 35.5. The highest BCUT2D eigenvalue weighted by Gasteiger charge is 2.30. The molecule has 0 heterocycles. The van der Waals surface area contributed by atoms with Gasteiger partial charge in [-0.05, 0) is 30.0 Å². The minimum Gasteiger partial charge on any atom is -0.459 e. The van der Waals surface area contributed by atoms with Crippen molar-refractivity contribution in [3.63, 3.8) is 0 Å². The number of esters is 1. The molecule has 0 saturated heterocycles. The zero-order chi connectivity index (χ0) is 26.5. The Balaban J connectivity index is 1.69. The molecule has 194 valence electrons. The monoisotopic (exact) mass is 522 g/mol. The van der Waals surface area contributed by atoms with Crippen molar-refractivity contribution in [2.75, 3.05) is 12.4 Å². The third-order valence-corrected chi connectivity index (χ3v) is 5.97. The third-order valence-electron chi connectivity index (χ3n) is 5.74. The van der Waals surface area contributed by atoms with Gasteiger partial charge in [0.2, 0.25) is 5.91 Å². The van der Waals surface area contributed by atoms with Gasteiger partial charge in [-0.2, -0.15) is 0 Å². The Bertz CT molecular complexity index is 1130. The van der Waals surface area contributed by atoms with Crippen LogP contribution in [0.2, 0.25) is 0 Å². The van der Waals surface area contributed by atoms with Gasteiger partial charge in [-0.25, -0.2) is 9.59 Å². The number of rotatable bonds is 12. The van der Waals surface area contributed by atoms with Crippen molar-refractivity contribution in [3.8, 4) is 0 Å². The van der Waals surface area contributed by atoms with Crippen molar-refractivity contribution in [1.82, 2.24) is 10.2 Å². The fourth-order valence-corrected chi connectivity index (χ4v) is 3.91. The van der Waals surface area contributed by atoms with E-state index in [1.807, 2.05) is 91.0 Å². The lowest BCUT2D eigenvalue weighted by atomic mass is 10.0. The first-order chi connectivity index (χ1) is 18.0. The summed E-state index contributed by atoms with van der Waals surface area (Å²) in [4.78, 5) is 39.6. The Labute approximate surface area is 222 Å². The number of benzene rings is 3. The fourth-order valence-electron chi connectivity index (χ4n) is 3.76. The molecule has 0 spiro atoms. The summed E-state index contributed by atoms with van der Waals surface area (Å²) < 4.78 is 10.8. The first kappa shape index (κ1) is 27.7. The molecule has 0 saturated carbocycles. The average molecular weight is 523 g/mol. The molecule has 37 heavy (non-hydrogen) atoms. The molecule has 8 heteroatoms. The van der Waals surface area contributed by atoms with Gasteiger partial charge in [-0.3, -0.25) is 4.79 Å². The topological polar surface area (TPSA) is 84.9 Å². The van der Waals surface area contributed by atoms with Gasteiger partial charge in [0.1, 0.15) is 25.1 Å². The van der Waals surface area contributed by atoms with E-state index in [0.717, 1.165) is 16.7 Å². The summed E-state index contributed by atoms with van der Waals surface area (Å²) in [6, 6.07) is 26.7. The minimum atomic E-state index is -0.907. The fraction of sp³-hybridized carbons (Fsp3) is 0.276.